The molecule has 0 saturated carbocycles. The molecule has 0 unspecified atom stereocenters. The minimum absolute atomic E-state index is 0.0341. The van der Waals surface area contributed by atoms with E-state index in [0.717, 1.165) is 5.56 Å². The van der Waals surface area contributed by atoms with Gasteiger partial charge in [-0.3, -0.25) is 9.59 Å². The van der Waals surface area contributed by atoms with E-state index in [-0.39, 0.29) is 18.3 Å². The molecule has 5 heteroatoms. The lowest BCUT2D eigenvalue weighted by atomic mass is 10.1. The number of ether oxygens (including phenoxy) is 2. The van der Waals surface area contributed by atoms with Gasteiger partial charge in [0.1, 0.15) is 5.78 Å². The van der Waals surface area contributed by atoms with E-state index in [1.54, 1.807) is 18.1 Å². The molecule has 1 aliphatic heterocycles. The second kappa shape index (κ2) is 6.41. The van der Waals surface area contributed by atoms with Crippen molar-refractivity contribution >= 4 is 11.7 Å². The predicted octanol–water partition coefficient (Wildman–Crippen LogP) is 1.57. The zero-order chi connectivity index (χ0) is 14.5. The molecule has 0 radical (unpaired) electrons. The number of methoxy groups -OCH3 is 1. The van der Waals surface area contributed by atoms with Gasteiger partial charge in [0.25, 0.3) is 5.91 Å². The summed E-state index contributed by atoms with van der Waals surface area (Å²) < 4.78 is 10.7. The van der Waals surface area contributed by atoms with Gasteiger partial charge in [-0.25, -0.2) is 0 Å². The molecule has 1 aromatic carbocycles. The number of carbonyl (C=O) groups excluding carboxylic acids is 2. The Labute approximate surface area is 118 Å². The lowest BCUT2D eigenvalue weighted by Gasteiger charge is -2.26. The van der Waals surface area contributed by atoms with E-state index in [0.29, 0.717) is 37.4 Å². The Morgan fingerprint density at radius 3 is 2.60 bits per heavy atom. The number of piperidine rings is 1. The van der Waals surface area contributed by atoms with E-state index in [9.17, 15) is 9.59 Å². The van der Waals surface area contributed by atoms with Crippen molar-refractivity contribution in [2.75, 3.05) is 26.8 Å². The van der Waals surface area contributed by atoms with Gasteiger partial charge >= 0.3 is 0 Å². The lowest BCUT2D eigenvalue weighted by molar-refractivity contribution is -0.136. The SMILES string of the molecule is COc1cc(C)ccc1OCC(=O)N1CCC(=O)CC1. The molecule has 0 atom stereocenters. The summed E-state index contributed by atoms with van der Waals surface area (Å²) in [6, 6.07) is 5.56. The minimum atomic E-state index is -0.0971. The zero-order valence-electron chi connectivity index (χ0n) is 11.8. The Morgan fingerprint density at radius 2 is 1.95 bits per heavy atom. The molecule has 0 aliphatic carbocycles. The smallest absolute Gasteiger partial charge is 0.260 e. The number of nitrogens with zero attached hydrogens (tertiary/aromatic N) is 1. The summed E-state index contributed by atoms with van der Waals surface area (Å²) in [5.74, 6) is 1.29. The van der Waals surface area contributed by atoms with Crippen LogP contribution in [0, 0.1) is 6.92 Å². The Bertz CT molecular complexity index is 503. The van der Waals surface area contributed by atoms with Gasteiger partial charge in [0.05, 0.1) is 7.11 Å². The maximum atomic E-state index is 12.0. The minimum Gasteiger partial charge on any atom is -0.493 e. The van der Waals surface area contributed by atoms with E-state index in [2.05, 4.69) is 0 Å². The first-order chi connectivity index (χ1) is 9.60. The highest BCUT2D eigenvalue weighted by Gasteiger charge is 2.21. The van der Waals surface area contributed by atoms with Gasteiger partial charge in [-0.15, -0.1) is 0 Å². The average Bonchev–Trinajstić information content (AvgIpc) is 2.46. The zero-order valence-corrected chi connectivity index (χ0v) is 11.8. The van der Waals surface area contributed by atoms with Crippen LogP contribution in [-0.2, 0) is 9.59 Å². The number of hydrogen-bond donors (Lipinski definition) is 0. The van der Waals surface area contributed by atoms with Crippen LogP contribution in [0.3, 0.4) is 0 Å². The fourth-order valence-electron chi connectivity index (χ4n) is 2.13. The largest absolute Gasteiger partial charge is 0.493 e. The summed E-state index contributed by atoms with van der Waals surface area (Å²) in [4.78, 5) is 24.8. The molecule has 1 aliphatic rings. The lowest BCUT2D eigenvalue weighted by Crippen LogP contribution is -2.41. The maximum Gasteiger partial charge on any atom is 0.260 e. The predicted molar refractivity (Wildman–Crippen MR) is 74.0 cm³/mol. The summed E-state index contributed by atoms with van der Waals surface area (Å²) in [5.41, 5.74) is 1.06. The summed E-state index contributed by atoms with van der Waals surface area (Å²) in [6.45, 7) is 2.91. The van der Waals surface area contributed by atoms with Gasteiger partial charge in [-0.2, -0.15) is 0 Å². The highest BCUT2D eigenvalue weighted by molar-refractivity contribution is 5.84. The van der Waals surface area contributed by atoms with Gasteiger partial charge in [0, 0.05) is 25.9 Å². The molecule has 0 spiro atoms. The number of likely N-dealkylation sites (tertiary alicyclic amines) is 1. The third-order valence-electron chi connectivity index (χ3n) is 3.34. The molecule has 0 N–H and O–H groups in total. The molecule has 0 aromatic heterocycles. The molecule has 1 fully saturated rings. The van der Waals surface area contributed by atoms with Crippen LogP contribution in [0.5, 0.6) is 11.5 Å². The highest BCUT2D eigenvalue weighted by atomic mass is 16.5. The van der Waals surface area contributed by atoms with Crippen LogP contribution in [0.15, 0.2) is 18.2 Å². The number of carbonyl (C=O) groups is 2. The number of benzene rings is 1. The van der Waals surface area contributed by atoms with E-state index in [1.165, 1.54) is 0 Å². The third-order valence-corrected chi connectivity index (χ3v) is 3.34. The maximum absolute atomic E-state index is 12.0. The van der Waals surface area contributed by atoms with Crippen LogP contribution >= 0.6 is 0 Å². The second-order valence-electron chi connectivity index (χ2n) is 4.86. The van der Waals surface area contributed by atoms with Gasteiger partial charge in [-0.05, 0) is 24.6 Å². The van der Waals surface area contributed by atoms with Gasteiger partial charge in [0.2, 0.25) is 0 Å². The topological polar surface area (TPSA) is 55.8 Å². The molecular weight excluding hydrogens is 258 g/mol. The fourth-order valence-corrected chi connectivity index (χ4v) is 2.13. The van der Waals surface area contributed by atoms with E-state index in [4.69, 9.17) is 9.47 Å². The molecule has 1 heterocycles. The molecule has 108 valence electrons. The number of rotatable bonds is 4. The Kier molecular flexibility index (Phi) is 4.61. The van der Waals surface area contributed by atoms with Crippen molar-refractivity contribution in [1.82, 2.24) is 4.90 Å². The number of aryl methyl sites for hydroxylation is 1. The highest BCUT2D eigenvalue weighted by Crippen LogP contribution is 2.27. The number of Topliss-reactive ketones (excluding diaryl/α,β-unsaturated/α-hetero) is 1. The van der Waals surface area contributed by atoms with Crippen molar-refractivity contribution in [3.8, 4) is 11.5 Å². The Hall–Kier alpha value is -2.04. The number of hydrogen-bond acceptors (Lipinski definition) is 4. The summed E-state index contributed by atoms with van der Waals surface area (Å²) in [5, 5.41) is 0. The molecule has 5 nitrogen and oxygen atoms in total. The van der Waals surface area contributed by atoms with Gasteiger partial charge in [0.15, 0.2) is 18.1 Å². The fraction of sp³-hybridized carbons (Fsp3) is 0.467. The summed E-state index contributed by atoms with van der Waals surface area (Å²) in [7, 11) is 1.57. The monoisotopic (exact) mass is 277 g/mol. The molecule has 0 bridgehead atoms. The van der Waals surface area contributed by atoms with Crippen LogP contribution in [0.2, 0.25) is 0 Å². The van der Waals surface area contributed by atoms with Gasteiger partial charge < -0.3 is 14.4 Å². The Balaban J connectivity index is 1.91. The third kappa shape index (κ3) is 3.50. The van der Waals surface area contributed by atoms with E-state index >= 15 is 0 Å². The first-order valence-electron chi connectivity index (χ1n) is 6.67. The standard InChI is InChI=1S/C15H19NO4/c1-11-3-4-13(14(9-11)19-2)20-10-15(18)16-7-5-12(17)6-8-16/h3-4,9H,5-8,10H2,1-2H3. The molecule has 2 rings (SSSR count). The van der Waals surface area contributed by atoms with Crippen LogP contribution < -0.4 is 9.47 Å². The first-order valence-corrected chi connectivity index (χ1v) is 6.67. The normalized spacial score (nSPS) is 15.1. The first kappa shape index (κ1) is 14.4. The molecule has 1 saturated heterocycles. The molecule has 20 heavy (non-hydrogen) atoms. The van der Waals surface area contributed by atoms with Gasteiger partial charge in [-0.1, -0.05) is 6.07 Å². The van der Waals surface area contributed by atoms with E-state index in [1.807, 2.05) is 19.1 Å². The van der Waals surface area contributed by atoms with Crippen molar-refractivity contribution in [2.45, 2.75) is 19.8 Å². The van der Waals surface area contributed by atoms with Crippen molar-refractivity contribution < 1.29 is 19.1 Å². The Morgan fingerprint density at radius 1 is 1.25 bits per heavy atom. The summed E-state index contributed by atoms with van der Waals surface area (Å²) in [6.07, 6.45) is 0.888. The molecule has 1 aromatic rings. The summed E-state index contributed by atoms with van der Waals surface area (Å²) >= 11 is 0. The average molecular weight is 277 g/mol. The number of ketones is 1. The molecule has 1 amide bonds. The van der Waals surface area contributed by atoms with Crippen LogP contribution in [-0.4, -0.2) is 43.4 Å². The van der Waals surface area contributed by atoms with Crippen LogP contribution in [0.4, 0.5) is 0 Å². The van der Waals surface area contributed by atoms with E-state index < -0.39 is 0 Å². The van der Waals surface area contributed by atoms with Crippen LogP contribution in [0.25, 0.3) is 0 Å². The number of amides is 1. The van der Waals surface area contributed by atoms with Crippen molar-refractivity contribution in [3.05, 3.63) is 23.8 Å². The molecular formula is C15H19NO4. The van der Waals surface area contributed by atoms with Crippen LogP contribution in [0.1, 0.15) is 18.4 Å². The second-order valence-corrected chi connectivity index (χ2v) is 4.86. The van der Waals surface area contributed by atoms with Crippen molar-refractivity contribution in [3.63, 3.8) is 0 Å². The quantitative estimate of drug-likeness (QED) is 0.838. The van der Waals surface area contributed by atoms with Crippen molar-refractivity contribution in [1.29, 1.82) is 0 Å². The van der Waals surface area contributed by atoms with Crippen molar-refractivity contribution in [2.24, 2.45) is 0 Å².